The number of ether oxygens (including phenoxy) is 3. The maximum atomic E-state index is 11.5. The van der Waals surface area contributed by atoms with Crippen molar-refractivity contribution in [2.45, 2.75) is 12.3 Å². The summed E-state index contributed by atoms with van der Waals surface area (Å²) in [6, 6.07) is 13.2. The number of methoxy groups -OCH3 is 3. The Hall–Kier alpha value is -2.49. The van der Waals surface area contributed by atoms with Gasteiger partial charge in [-0.2, -0.15) is 0 Å². The molecule has 0 heterocycles. The predicted octanol–water partition coefficient (Wildman–Crippen LogP) is 3.24. The summed E-state index contributed by atoms with van der Waals surface area (Å²) in [5.41, 5.74) is 1.92. The van der Waals surface area contributed by atoms with Crippen molar-refractivity contribution in [2.24, 2.45) is 0 Å². The molecule has 0 saturated carbocycles. The Labute approximate surface area is 130 Å². The summed E-state index contributed by atoms with van der Waals surface area (Å²) < 4.78 is 15.7. The molecule has 4 nitrogen and oxygen atoms in total. The Kier molecular flexibility index (Phi) is 5.42. The van der Waals surface area contributed by atoms with Crippen LogP contribution in [-0.4, -0.2) is 27.6 Å². The van der Waals surface area contributed by atoms with E-state index in [-0.39, 0.29) is 5.92 Å². The fraction of sp³-hybridized carbons (Fsp3) is 0.278. The molecule has 0 radical (unpaired) electrons. The highest BCUT2D eigenvalue weighted by molar-refractivity contribution is 5.63. The third kappa shape index (κ3) is 3.58. The van der Waals surface area contributed by atoms with E-state index in [9.17, 15) is 4.79 Å². The zero-order chi connectivity index (χ0) is 15.9. The molecule has 2 aromatic rings. The minimum atomic E-state index is -0.229. The van der Waals surface area contributed by atoms with Crippen LogP contribution in [0.4, 0.5) is 0 Å². The third-order valence-electron chi connectivity index (χ3n) is 3.64. The van der Waals surface area contributed by atoms with Crippen LogP contribution in [0, 0.1) is 0 Å². The smallest absolute Gasteiger partial charge is 0.127 e. The van der Waals surface area contributed by atoms with Crippen LogP contribution in [0.25, 0.3) is 0 Å². The van der Waals surface area contributed by atoms with E-state index in [0.717, 1.165) is 34.7 Å². The normalized spacial score (nSPS) is 11.6. The molecule has 0 aliphatic heterocycles. The number of carbonyl (C=O) groups excluding carboxylic acids is 1. The predicted molar refractivity (Wildman–Crippen MR) is 85.0 cm³/mol. The number of benzene rings is 2. The first-order chi connectivity index (χ1) is 10.7. The quantitative estimate of drug-likeness (QED) is 0.736. The van der Waals surface area contributed by atoms with E-state index in [4.69, 9.17) is 14.2 Å². The summed E-state index contributed by atoms with van der Waals surface area (Å²) in [4.78, 5) is 11.5. The van der Waals surface area contributed by atoms with Gasteiger partial charge < -0.3 is 19.0 Å². The molecule has 0 spiro atoms. The largest absolute Gasteiger partial charge is 0.497 e. The minimum absolute atomic E-state index is 0.229. The van der Waals surface area contributed by atoms with Crippen molar-refractivity contribution in [2.75, 3.05) is 21.3 Å². The van der Waals surface area contributed by atoms with Gasteiger partial charge in [-0.05, 0) is 35.7 Å². The Morgan fingerprint density at radius 3 is 2.09 bits per heavy atom. The molecule has 0 unspecified atom stereocenters. The van der Waals surface area contributed by atoms with Gasteiger partial charge in [-0.1, -0.05) is 18.2 Å². The lowest BCUT2D eigenvalue weighted by Crippen LogP contribution is -2.06. The molecule has 0 bridgehead atoms. The summed E-state index contributed by atoms with van der Waals surface area (Å²) in [7, 11) is 4.84. The first-order valence-electron chi connectivity index (χ1n) is 7.02. The van der Waals surface area contributed by atoms with Gasteiger partial charge in [0.25, 0.3) is 0 Å². The first-order valence-corrected chi connectivity index (χ1v) is 7.02. The monoisotopic (exact) mass is 300 g/mol. The van der Waals surface area contributed by atoms with Crippen molar-refractivity contribution in [3.05, 3.63) is 53.6 Å². The van der Waals surface area contributed by atoms with Crippen LogP contribution in [-0.2, 0) is 11.2 Å². The summed E-state index contributed by atoms with van der Waals surface area (Å²) in [5.74, 6) is 2.00. The lowest BCUT2D eigenvalue weighted by molar-refractivity contribution is -0.109. The topological polar surface area (TPSA) is 44.8 Å². The molecular formula is C18H20O4. The molecule has 0 aliphatic carbocycles. The zero-order valence-corrected chi connectivity index (χ0v) is 13.0. The Morgan fingerprint density at radius 1 is 0.909 bits per heavy atom. The van der Waals surface area contributed by atoms with Crippen molar-refractivity contribution in [1.82, 2.24) is 0 Å². The van der Waals surface area contributed by atoms with Crippen LogP contribution in [0.15, 0.2) is 42.5 Å². The maximum absolute atomic E-state index is 11.5. The second kappa shape index (κ2) is 7.50. The van der Waals surface area contributed by atoms with E-state index in [1.807, 2.05) is 42.5 Å². The summed E-state index contributed by atoms with van der Waals surface area (Å²) >= 11 is 0. The van der Waals surface area contributed by atoms with Gasteiger partial charge in [-0.15, -0.1) is 0 Å². The average molecular weight is 300 g/mol. The molecule has 0 saturated heterocycles. The number of carbonyl (C=O) groups is 1. The minimum Gasteiger partial charge on any atom is -0.497 e. The van der Waals surface area contributed by atoms with E-state index in [1.165, 1.54) is 0 Å². The van der Waals surface area contributed by atoms with Crippen molar-refractivity contribution < 1.29 is 19.0 Å². The zero-order valence-electron chi connectivity index (χ0n) is 13.0. The molecule has 0 fully saturated rings. The SMILES string of the molecule is COc1ccc([C@@H](C=O)Cc2ccc(OC)cc2OC)cc1. The molecular weight excluding hydrogens is 280 g/mol. The van der Waals surface area contributed by atoms with Gasteiger partial charge in [0.05, 0.1) is 21.3 Å². The van der Waals surface area contributed by atoms with Gasteiger partial charge >= 0.3 is 0 Å². The molecule has 4 heteroatoms. The molecule has 0 amide bonds. The molecule has 0 N–H and O–H groups in total. The Morgan fingerprint density at radius 2 is 1.55 bits per heavy atom. The van der Waals surface area contributed by atoms with Gasteiger partial charge in [0.1, 0.15) is 23.5 Å². The van der Waals surface area contributed by atoms with Crippen LogP contribution < -0.4 is 14.2 Å². The van der Waals surface area contributed by atoms with Crippen molar-refractivity contribution >= 4 is 6.29 Å². The van der Waals surface area contributed by atoms with E-state index in [2.05, 4.69) is 0 Å². The van der Waals surface area contributed by atoms with Crippen LogP contribution in [0.1, 0.15) is 17.0 Å². The highest BCUT2D eigenvalue weighted by Gasteiger charge is 2.15. The van der Waals surface area contributed by atoms with Crippen molar-refractivity contribution in [3.8, 4) is 17.2 Å². The average Bonchev–Trinajstić information content (AvgIpc) is 2.59. The number of hydrogen-bond acceptors (Lipinski definition) is 4. The Balaban J connectivity index is 2.24. The molecule has 2 aromatic carbocycles. The molecule has 116 valence electrons. The van der Waals surface area contributed by atoms with Crippen LogP contribution in [0.5, 0.6) is 17.2 Å². The van der Waals surface area contributed by atoms with Crippen LogP contribution >= 0.6 is 0 Å². The summed E-state index contributed by atoms with van der Waals surface area (Å²) in [6.45, 7) is 0. The number of hydrogen-bond donors (Lipinski definition) is 0. The summed E-state index contributed by atoms with van der Waals surface area (Å²) in [5, 5.41) is 0. The first kappa shape index (κ1) is 15.9. The van der Waals surface area contributed by atoms with E-state index in [0.29, 0.717) is 6.42 Å². The van der Waals surface area contributed by atoms with Gasteiger partial charge in [0.15, 0.2) is 0 Å². The van der Waals surface area contributed by atoms with Crippen molar-refractivity contribution in [1.29, 1.82) is 0 Å². The van der Waals surface area contributed by atoms with Gasteiger partial charge in [-0.25, -0.2) is 0 Å². The molecule has 0 aliphatic rings. The van der Waals surface area contributed by atoms with Crippen LogP contribution in [0.3, 0.4) is 0 Å². The van der Waals surface area contributed by atoms with Crippen LogP contribution in [0.2, 0.25) is 0 Å². The molecule has 2 rings (SSSR count). The lowest BCUT2D eigenvalue weighted by atomic mass is 9.92. The second-order valence-corrected chi connectivity index (χ2v) is 4.90. The number of rotatable bonds is 7. The van der Waals surface area contributed by atoms with Gasteiger partial charge in [-0.3, -0.25) is 0 Å². The Bertz CT molecular complexity index is 619. The summed E-state index contributed by atoms with van der Waals surface area (Å²) in [6.07, 6.45) is 1.54. The molecule has 1 atom stereocenters. The fourth-order valence-electron chi connectivity index (χ4n) is 2.35. The second-order valence-electron chi connectivity index (χ2n) is 4.90. The van der Waals surface area contributed by atoms with E-state index in [1.54, 1.807) is 21.3 Å². The maximum Gasteiger partial charge on any atom is 0.127 e. The van der Waals surface area contributed by atoms with Crippen molar-refractivity contribution in [3.63, 3.8) is 0 Å². The molecule has 22 heavy (non-hydrogen) atoms. The van der Waals surface area contributed by atoms with Gasteiger partial charge in [0, 0.05) is 12.0 Å². The third-order valence-corrected chi connectivity index (χ3v) is 3.64. The highest BCUT2D eigenvalue weighted by atomic mass is 16.5. The van der Waals surface area contributed by atoms with Gasteiger partial charge in [0.2, 0.25) is 0 Å². The van der Waals surface area contributed by atoms with E-state index >= 15 is 0 Å². The van der Waals surface area contributed by atoms with E-state index < -0.39 is 0 Å². The highest BCUT2D eigenvalue weighted by Crippen LogP contribution is 2.29. The standard InChI is InChI=1S/C18H20O4/c1-20-16-7-4-13(5-8-16)15(12-19)10-14-6-9-17(21-2)11-18(14)22-3/h4-9,11-12,15H,10H2,1-3H3/t15-/m1/s1. The molecule has 0 aromatic heterocycles. The lowest BCUT2D eigenvalue weighted by Gasteiger charge is -2.15. The fourth-order valence-corrected chi connectivity index (χ4v) is 2.35. The number of aldehydes is 1.